The molecule has 1 atom stereocenters. The number of ether oxygens (including phenoxy) is 1. The van der Waals surface area contributed by atoms with Crippen molar-refractivity contribution in [1.82, 2.24) is 19.5 Å². The number of imidazole rings is 1. The minimum absolute atomic E-state index is 0.363. The number of aromatic nitrogens is 4. The van der Waals surface area contributed by atoms with Gasteiger partial charge in [0.1, 0.15) is 0 Å². The lowest BCUT2D eigenvalue weighted by molar-refractivity contribution is 0.122. The van der Waals surface area contributed by atoms with Crippen LogP contribution in [0.15, 0.2) is 24.9 Å². The molecular formula is C17H23FN6O. The molecule has 0 bridgehead atoms. The summed E-state index contributed by atoms with van der Waals surface area (Å²) in [6.45, 7) is 5.27. The maximum atomic E-state index is 14.2. The summed E-state index contributed by atoms with van der Waals surface area (Å²) >= 11 is 0. The van der Waals surface area contributed by atoms with E-state index < -0.39 is 0 Å². The van der Waals surface area contributed by atoms with Crippen molar-refractivity contribution < 1.29 is 9.13 Å². The van der Waals surface area contributed by atoms with Gasteiger partial charge >= 0.3 is 0 Å². The Balaban J connectivity index is 1.48. The van der Waals surface area contributed by atoms with Crippen LogP contribution in [0, 0.1) is 11.7 Å². The second-order valence-corrected chi connectivity index (χ2v) is 6.65. The summed E-state index contributed by atoms with van der Waals surface area (Å²) in [7, 11) is 0. The lowest BCUT2D eigenvalue weighted by atomic mass is 9.98. The van der Waals surface area contributed by atoms with Crippen LogP contribution in [-0.2, 0) is 11.3 Å². The van der Waals surface area contributed by atoms with Crippen molar-refractivity contribution in [2.24, 2.45) is 5.92 Å². The molecule has 2 fully saturated rings. The molecule has 0 spiro atoms. The van der Waals surface area contributed by atoms with Gasteiger partial charge in [0.2, 0.25) is 5.95 Å². The van der Waals surface area contributed by atoms with E-state index in [0.29, 0.717) is 44.0 Å². The van der Waals surface area contributed by atoms with Gasteiger partial charge < -0.3 is 19.1 Å². The lowest BCUT2D eigenvalue weighted by Gasteiger charge is -2.34. The first-order chi connectivity index (χ1) is 12.3. The zero-order valence-electron chi connectivity index (χ0n) is 14.2. The molecule has 0 aromatic carbocycles. The van der Waals surface area contributed by atoms with Crippen LogP contribution in [0.3, 0.4) is 0 Å². The van der Waals surface area contributed by atoms with Gasteiger partial charge in [0.05, 0.1) is 25.7 Å². The Kier molecular flexibility index (Phi) is 4.78. The molecule has 2 aromatic heterocycles. The molecule has 2 saturated heterocycles. The number of rotatable bonds is 4. The number of halogens is 1. The van der Waals surface area contributed by atoms with E-state index in [1.54, 1.807) is 6.20 Å². The highest BCUT2D eigenvalue weighted by Gasteiger charge is 2.24. The van der Waals surface area contributed by atoms with Crippen LogP contribution < -0.4 is 9.80 Å². The van der Waals surface area contributed by atoms with Gasteiger partial charge in [0, 0.05) is 45.1 Å². The van der Waals surface area contributed by atoms with E-state index in [1.807, 2.05) is 17.4 Å². The fourth-order valence-corrected chi connectivity index (χ4v) is 3.59. The normalized spacial score (nSPS) is 21.6. The molecule has 4 heterocycles. The Hall–Kier alpha value is -2.22. The molecule has 134 valence electrons. The van der Waals surface area contributed by atoms with Crippen molar-refractivity contribution in [3.63, 3.8) is 0 Å². The number of piperidine rings is 1. The van der Waals surface area contributed by atoms with Crippen LogP contribution in [0.2, 0.25) is 0 Å². The summed E-state index contributed by atoms with van der Waals surface area (Å²) in [5.74, 6) is 1.17. The van der Waals surface area contributed by atoms with Gasteiger partial charge in [-0.2, -0.15) is 4.98 Å². The Morgan fingerprint density at radius 2 is 2.08 bits per heavy atom. The first-order valence-electron chi connectivity index (χ1n) is 8.85. The van der Waals surface area contributed by atoms with E-state index in [-0.39, 0.29) is 5.82 Å². The van der Waals surface area contributed by atoms with Gasteiger partial charge in [-0.25, -0.2) is 14.4 Å². The zero-order chi connectivity index (χ0) is 17.1. The Morgan fingerprint density at radius 3 is 2.88 bits per heavy atom. The molecule has 2 aromatic rings. The van der Waals surface area contributed by atoms with Gasteiger partial charge in [-0.1, -0.05) is 0 Å². The van der Waals surface area contributed by atoms with Crippen molar-refractivity contribution in [1.29, 1.82) is 0 Å². The Morgan fingerprint density at radius 1 is 1.20 bits per heavy atom. The van der Waals surface area contributed by atoms with Gasteiger partial charge in [0.15, 0.2) is 11.6 Å². The largest absolute Gasteiger partial charge is 0.378 e. The van der Waals surface area contributed by atoms with Crippen LogP contribution >= 0.6 is 0 Å². The number of hydrogen-bond acceptors (Lipinski definition) is 6. The lowest BCUT2D eigenvalue weighted by Crippen LogP contribution is -2.40. The van der Waals surface area contributed by atoms with Crippen molar-refractivity contribution in [2.45, 2.75) is 19.4 Å². The van der Waals surface area contributed by atoms with Crippen molar-refractivity contribution in [3.05, 3.63) is 30.7 Å². The van der Waals surface area contributed by atoms with Gasteiger partial charge in [-0.05, 0) is 18.8 Å². The monoisotopic (exact) mass is 346 g/mol. The first-order valence-corrected chi connectivity index (χ1v) is 8.85. The average Bonchev–Trinajstić information content (AvgIpc) is 3.16. The second-order valence-electron chi connectivity index (χ2n) is 6.65. The minimum atomic E-state index is -0.363. The van der Waals surface area contributed by atoms with Crippen LogP contribution in [0.1, 0.15) is 12.8 Å². The fraction of sp³-hybridized carbons (Fsp3) is 0.588. The second kappa shape index (κ2) is 7.35. The fourth-order valence-electron chi connectivity index (χ4n) is 3.59. The summed E-state index contributed by atoms with van der Waals surface area (Å²) in [4.78, 5) is 17.0. The number of hydrogen-bond donors (Lipinski definition) is 0. The minimum Gasteiger partial charge on any atom is -0.378 e. The van der Waals surface area contributed by atoms with E-state index >= 15 is 0 Å². The zero-order valence-corrected chi connectivity index (χ0v) is 14.2. The predicted molar refractivity (Wildman–Crippen MR) is 92.2 cm³/mol. The van der Waals surface area contributed by atoms with Crippen molar-refractivity contribution in [3.8, 4) is 0 Å². The van der Waals surface area contributed by atoms with Crippen LogP contribution in [0.5, 0.6) is 0 Å². The van der Waals surface area contributed by atoms with Crippen LogP contribution in [-0.4, -0.2) is 58.9 Å². The maximum absolute atomic E-state index is 14.2. The summed E-state index contributed by atoms with van der Waals surface area (Å²) in [5, 5.41) is 0. The maximum Gasteiger partial charge on any atom is 0.227 e. The highest BCUT2D eigenvalue weighted by molar-refractivity contribution is 5.45. The van der Waals surface area contributed by atoms with Gasteiger partial charge in [0.25, 0.3) is 0 Å². The van der Waals surface area contributed by atoms with Crippen molar-refractivity contribution in [2.75, 3.05) is 49.2 Å². The smallest absolute Gasteiger partial charge is 0.227 e. The van der Waals surface area contributed by atoms with E-state index in [2.05, 4.69) is 24.4 Å². The topological polar surface area (TPSA) is 59.3 Å². The molecule has 8 heteroatoms. The van der Waals surface area contributed by atoms with Crippen LogP contribution in [0.25, 0.3) is 0 Å². The third-order valence-corrected chi connectivity index (χ3v) is 4.85. The molecule has 0 N–H and O–H groups in total. The molecule has 1 unspecified atom stereocenters. The molecule has 4 rings (SSSR count). The molecule has 0 aliphatic carbocycles. The van der Waals surface area contributed by atoms with E-state index in [1.165, 1.54) is 12.6 Å². The third kappa shape index (κ3) is 3.73. The number of anilines is 2. The highest BCUT2D eigenvalue weighted by Crippen LogP contribution is 2.25. The molecule has 7 nitrogen and oxygen atoms in total. The van der Waals surface area contributed by atoms with E-state index in [0.717, 1.165) is 26.1 Å². The number of nitrogens with zero attached hydrogens (tertiary/aromatic N) is 6. The molecular weight excluding hydrogens is 323 g/mol. The summed E-state index contributed by atoms with van der Waals surface area (Å²) < 4.78 is 21.7. The summed E-state index contributed by atoms with van der Waals surface area (Å²) in [5.41, 5.74) is 0. The van der Waals surface area contributed by atoms with E-state index in [9.17, 15) is 4.39 Å². The highest BCUT2D eigenvalue weighted by atomic mass is 19.1. The van der Waals surface area contributed by atoms with Crippen LogP contribution in [0.4, 0.5) is 16.2 Å². The van der Waals surface area contributed by atoms with Gasteiger partial charge in [-0.3, -0.25) is 0 Å². The summed E-state index contributed by atoms with van der Waals surface area (Å²) in [6.07, 6.45) is 9.21. The third-order valence-electron chi connectivity index (χ3n) is 4.85. The number of morpholine rings is 1. The SMILES string of the molecule is Fc1cnc(N2CCCC(Cn3ccnc3)C2)nc1N1CCOCC1. The van der Waals surface area contributed by atoms with E-state index in [4.69, 9.17) is 4.74 Å². The molecule has 0 amide bonds. The Bertz CT molecular complexity index is 688. The van der Waals surface area contributed by atoms with Crippen molar-refractivity contribution >= 4 is 11.8 Å². The average molecular weight is 346 g/mol. The Labute approximate surface area is 146 Å². The predicted octanol–water partition coefficient (Wildman–Crippen LogP) is 1.57. The molecule has 2 aliphatic heterocycles. The molecule has 0 saturated carbocycles. The molecule has 25 heavy (non-hydrogen) atoms. The quantitative estimate of drug-likeness (QED) is 0.837. The standard InChI is InChI=1S/C17H23FN6O/c18-15-10-20-17(21-16(15)23-6-8-25-9-7-23)24-4-1-2-14(12-24)11-22-5-3-19-13-22/h3,5,10,13-14H,1-2,4,6-9,11-12H2. The van der Waals surface area contributed by atoms with Gasteiger partial charge in [-0.15, -0.1) is 0 Å². The first kappa shape index (κ1) is 16.3. The molecule has 0 radical (unpaired) electrons. The molecule has 2 aliphatic rings. The summed E-state index contributed by atoms with van der Waals surface area (Å²) in [6, 6.07) is 0.